The summed E-state index contributed by atoms with van der Waals surface area (Å²) in [6, 6.07) is 6.69. The summed E-state index contributed by atoms with van der Waals surface area (Å²) < 4.78 is 2.05. The normalized spacial score (nSPS) is 14.0. The average molecular weight is 354 g/mol. The maximum absolute atomic E-state index is 11.6. The highest BCUT2D eigenvalue weighted by Crippen LogP contribution is 2.33. The molecule has 130 valence electrons. The van der Waals surface area contributed by atoms with Crippen LogP contribution >= 0.6 is 11.3 Å². The SMILES string of the molecule is CCCc1c(C(=O)O)sc2nc(-c3ccc4c(c3)CCCC4)c(C)n12. The summed E-state index contributed by atoms with van der Waals surface area (Å²) in [5, 5.41) is 9.49. The Morgan fingerprint density at radius 2 is 2.04 bits per heavy atom. The summed E-state index contributed by atoms with van der Waals surface area (Å²) in [5.74, 6) is -0.853. The smallest absolute Gasteiger partial charge is 0.347 e. The van der Waals surface area contributed by atoms with Crippen LogP contribution in [0.3, 0.4) is 0 Å². The molecule has 0 saturated heterocycles. The molecule has 3 aromatic rings. The summed E-state index contributed by atoms with van der Waals surface area (Å²) in [6.07, 6.45) is 6.53. The molecule has 5 heteroatoms. The first-order valence-corrected chi connectivity index (χ1v) is 9.78. The van der Waals surface area contributed by atoms with Crippen molar-refractivity contribution >= 4 is 22.3 Å². The maximum atomic E-state index is 11.6. The molecular formula is C20H22N2O2S. The largest absolute Gasteiger partial charge is 0.477 e. The molecular weight excluding hydrogens is 332 g/mol. The molecule has 0 unspecified atom stereocenters. The van der Waals surface area contributed by atoms with Crippen molar-refractivity contribution in [2.24, 2.45) is 0 Å². The number of benzene rings is 1. The Morgan fingerprint density at radius 1 is 1.28 bits per heavy atom. The van der Waals surface area contributed by atoms with Crippen molar-refractivity contribution in [3.8, 4) is 11.3 Å². The number of hydrogen-bond acceptors (Lipinski definition) is 3. The van der Waals surface area contributed by atoms with Gasteiger partial charge < -0.3 is 5.11 Å². The number of carboxylic acid groups (broad SMARTS) is 1. The highest BCUT2D eigenvalue weighted by molar-refractivity contribution is 7.19. The third kappa shape index (κ3) is 2.67. The number of imidazole rings is 1. The molecule has 2 aromatic heterocycles. The zero-order valence-corrected chi connectivity index (χ0v) is 15.4. The minimum Gasteiger partial charge on any atom is -0.477 e. The molecule has 0 amide bonds. The van der Waals surface area contributed by atoms with E-state index in [1.165, 1.54) is 41.7 Å². The number of carbonyl (C=O) groups is 1. The molecule has 0 atom stereocenters. The molecule has 0 saturated carbocycles. The Bertz CT molecular complexity index is 968. The van der Waals surface area contributed by atoms with Crippen molar-refractivity contribution in [3.63, 3.8) is 0 Å². The first kappa shape index (κ1) is 16.3. The van der Waals surface area contributed by atoms with Crippen LogP contribution < -0.4 is 0 Å². The van der Waals surface area contributed by atoms with Crippen LogP contribution in [0, 0.1) is 6.92 Å². The molecule has 1 N–H and O–H groups in total. The molecule has 4 nitrogen and oxygen atoms in total. The topological polar surface area (TPSA) is 54.6 Å². The van der Waals surface area contributed by atoms with E-state index < -0.39 is 5.97 Å². The van der Waals surface area contributed by atoms with Gasteiger partial charge in [-0.1, -0.05) is 36.8 Å². The van der Waals surface area contributed by atoms with Crippen LogP contribution in [0.1, 0.15) is 58.4 Å². The maximum Gasteiger partial charge on any atom is 0.347 e. The second-order valence-electron chi connectivity index (χ2n) is 6.79. The number of thiazole rings is 1. The number of rotatable bonds is 4. The summed E-state index contributed by atoms with van der Waals surface area (Å²) in [7, 11) is 0. The molecule has 4 rings (SSSR count). The summed E-state index contributed by atoms with van der Waals surface area (Å²) >= 11 is 1.28. The predicted octanol–water partition coefficient (Wildman–Crippen LogP) is 4.90. The van der Waals surface area contributed by atoms with Crippen LogP contribution in [0.4, 0.5) is 0 Å². The van der Waals surface area contributed by atoms with Crippen molar-refractivity contribution in [1.29, 1.82) is 0 Å². The fraction of sp³-hybridized carbons (Fsp3) is 0.400. The molecule has 1 aliphatic carbocycles. The van der Waals surface area contributed by atoms with Gasteiger partial charge in [-0.2, -0.15) is 0 Å². The van der Waals surface area contributed by atoms with Crippen LogP contribution in [0.2, 0.25) is 0 Å². The lowest BCUT2D eigenvalue weighted by Crippen LogP contribution is -2.03. The van der Waals surface area contributed by atoms with Gasteiger partial charge in [0.2, 0.25) is 0 Å². The van der Waals surface area contributed by atoms with E-state index in [-0.39, 0.29) is 0 Å². The van der Waals surface area contributed by atoms with Crippen LogP contribution in [0.25, 0.3) is 16.2 Å². The minimum atomic E-state index is -0.853. The van der Waals surface area contributed by atoms with Crippen LogP contribution in [-0.4, -0.2) is 20.5 Å². The average Bonchev–Trinajstić information content (AvgIpc) is 3.13. The Kier molecular flexibility index (Phi) is 4.12. The molecule has 0 aliphatic heterocycles. The molecule has 0 spiro atoms. The molecule has 0 bridgehead atoms. The Labute approximate surface area is 151 Å². The Balaban J connectivity index is 1.86. The van der Waals surface area contributed by atoms with E-state index in [1.54, 1.807) is 0 Å². The van der Waals surface area contributed by atoms with E-state index in [9.17, 15) is 9.90 Å². The van der Waals surface area contributed by atoms with Gasteiger partial charge in [0, 0.05) is 17.0 Å². The number of carboxylic acids is 1. The van der Waals surface area contributed by atoms with Crippen molar-refractivity contribution in [2.45, 2.75) is 52.4 Å². The summed E-state index contributed by atoms with van der Waals surface area (Å²) in [5.41, 5.74) is 6.96. The van der Waals surface area contributed by atoms with E-state index in [4.69, 9.17) is 4.98 Å². The van der Waals surface area contributed by atoms with Crippen molar-refractivity contribution in [3.05, 3.63) is 45.6 Å². The van der Waals surface area contributed by atoms with Gasteiger partial charge in [-0.25, -0.2) is 9.78 Å². The van der Waals surface area contributed by atoms with Crippen molar-refractivity contribution < 1.29 is 9.90 Å². The van der Waals surface area contributed by atoms with Gasteiger partial charge in [0.05, 0.1) is 5.69 Å². The number of aromatic nitrogens is 2. The fourth-order valence-corrected chi connectivity index (χ4v) is 4.95. The number of aryl methyl sites for hydroxylation is 4. The molecule has 25 heavy (non-hydrogen) atoms. The van der Waals surface area contributed by atoms with E-state index in [2.05, 4.69) is 25.1 Å². The fourth-order valence-electron chi connectivity index (χ4n) is 3.90. The quantitative estimate of drug-likeness (QED) is 0.725. The molecule has 0 fully saturated rings. The van der Waals surface area contributed by atoms with E-state index in [1.807, 2.05) is 11.3 Å². The molecule has 1 aromatic carbocycles. The minimum absolute atomic E-state index is 0.421. The van der Waals surface area contributed by atoms with Crippen LogP contribution in [0.15, 0.2) is 18.2 Å². The second-order valence-corrected chi connectivity index (χ2v) is 7.76. The number of fused-ring (bicyclic) bond motifs is 2. The van der Waals surface area contributed by atoms with Crippen molar-refractivity contribution in [2.75, 3.05) is 0 Å². The van der Waals surface area contributed by atoms with Gasteiger partial charge in [0.1, 0.15) is 4.88 Å². The van der Waals surface area contributed by atoms with Gasteiger partial charge in [-0.05, 0) is 56.2 Å². The number of nitrogens with zero attached hydrogens (tertiary/aromatic N) is 2. The molecule has 0 radical (unpaired) electrons. The van der Waals surface area contributed by atoms with Gasteiger partial charge in [-0.3, -0.25) is 4.40 Å². The lowest BCUT2D eigenvalue weighted by atomic mass is 9.90. The highest BCUT2D eigenvalue weighted by Gasteiger charge is 2.22. The van der Waals surface area contributed by atoms with Gasteiger partial charge in [0.15, 0.2) is 4.96 Å². The van der Waals surface area contributed by atoms with Crippen LogP contribution in [0.5, 0.6) is 0 Å². The van der Waals surface area contributed by atoms with Gasteiger partial charge in [0.25, 0.3) is 0 Å². The van der Waals surface area contributed by atoms with E-state index >= 15 is 0 Å². The molecule has 2 heterocycles. The number of hydrogen-bond donors (Lipinski definition) is 1. The van der Waals surface area contributed by atoms with Crippen LogP contribution in [-0.2, 0) is 19.3 Å². The highest BCUT2D eigenvalue weighted by atomic mass is 32.1. The molecule has 1 aliphatic rings. The summed E-state index contributed by atoms with van der Waals surface area (Å²) in [4.78, 5) is 17.6. The Morgan fingerprint density at radius 3 is 2.76 bits per heavy atom. The summed E-state index contributed by atoms with van der Waals surface area (Å²) in [6.45, 7) is 4.12. The predicted molar refractivity (Wildman–Crippen MR) is 101 cm³/mol. The van der Waals surface area contributed by atoms with Gasteiger partial charge in [-0.15, -0.1) is 0 Å². The third-order valence-electron chi connectivity index (χ3n) is 5.11. The lowest BCUT2D eigenvalue weighted by Gasteiger charge is -2.16. The first-order valence-electron chi connectivity index (χ1n) is 8.96. The van der Waals surface area contributed by atoms with E-state index in [0.717, 1.165) is 46.9 Å². The van der Waals surface area contributed by atoms with E-state index in [0.29, 0.717) is 4.88 Å². The first-order chi connectivity index (χ1) is 12.1. The standard InChI is InChI=1S/C20H22N2O2S/c1-3-6-16-18(19(23)24)25-20-21-17(12(2)22(16)20)15-10-9-13-7-4-5-8-14(13)11-15/h9-11H,3-8H2,1-2H3,(H,23,24). The zero-order chi connectivity index (χ0) is 17.6. The second kappa shape index (κ2) is 6.30. The zero-order valence-electron chi connectivity index (χ0n) is 14.6. The number of aromatic carboxylic acids is 1. The van der Waals surface area contributed by atoms with Crippen molar-refractivity contribution in [1.82, 2.24) is 9.38 Å². The van der Waals surface area contributed by atoms with Gasteiger partial charge >= 0.3 is 5.97 Å². The monoisotopic (exact) mass is 354 g/mol. The lowest BCUT2D eigenvalue weighted by molar-refractivity contribution is 0.0700. The Hall–Kier alpha value is -2.14. The third-order valence-corrected chi connectivity index (χ3v) is 6.18.